The van der Waals surface area contributed by atoms with Gasteiger partial charge in [-0.3, -0.25) is 0 Å². The van der Waals surface area contributed by atoms with Crippen molar-refractivity contribution < 1.29 is 0 Å². The van der Waals surface area contributed by atoms with Gasteiger partial charge >= 0.3 is 0 Å². The van der Waals surface area contributed by atoms with Crippen molar-refractivity contribution in [3.8, 4) is 0 Å². The third kappa shape index (κ3) is 4.98. The van der Waals surface area contributed by atoms with E-state index in [0.29, 0.717) is 0 Å². The largest absolute Gasteiger partial charge is 0.0622 e. The molecule has 0 heterocycles. The maximum atomic E-state index is 2.39. The topological polar surface area (TPSA) is 0 Å². The molecule has 0 saturated carbocycles. The molecule has 4 bridgehead atoms. The highest BCUT2D eigenvalue weighted by atomic mass is 14.1. The van der Waals surface area contributed by atoms with E-state index in [1.807, 2.05) is 0 Å². The lowest BCUT2D eigenvalue weighted by Crippen LogP contribution is -2.02. The molecule has 4 aliphatic carbocycles. The second-order valence-electron chi connectivity index (χ2n) is 8.55. The predicted octanol–water partition coefficient (Wildman–Crippen LogP) is 7.91. The summed E-state index contributed by atoms with van der Waals surface area (Å²) in [5, 5.41) is 0. The average molecular weight is 413 g/mol. The summed E-state index contributed by atoms with van der Waals surface area (Å²) >= 11 is 0. The first-order chi connectivity index (χ1) is 15.8. The standard InChI is InChI=1S/C32H28/c1-3-7-25(8-4-1)11-21-31-23-27-13-17-29(31)19-15-28-14-18-30(20-16-27)32(24-28)22-12-26-9-5-2-6-10-26/h1-14,17-18,21-24H,15-16,19-20H2/b21-11+,22-12+. The van der Waals surface area contributed by atoms with Gasteiger partial charge in [-0.25, -0.2) is 0 Å². The Morgan fingerprint density at radius 2 is 0.844 bits per heavy atom. The van der Waals surface area contributed by atoms with E-state index in [4.69, 9.17) is 0 Å². The van der Waals surface area contributed by atoms with Crippen molar-refractivity contribution in [3.63, 3.8) is 0 Å². The molecule has 0 amide bonds. The molecule has 4 aromatic rings. The van der Waals surface area contributed by atoms with Crippen molar-refractivity contribution in [2.45, 2.75) is 25.7 Å². The van der Waals surface area contributed by atoms with Gasteiger partial charge < -0.3 is 0 Å². The first kappa shape index (κ1) is 20.3. The van der Waals surface area contributed by atoms with Gasteiger partial charge in [0.1, 0.15) is 0 Å². The van der Waals surface area contributed by atoms with Crippen molar-refractivity contribution in [2.75, 3.05) is 0 Å². The molecule has 0 unspecified atom stereocenters. The van der Waals surface area contributed by atoms with Crippen molar-refractivity contribution in [2.24, 2.45) is 0 Å². The molecular formula is C32H28. The maximum Gasteiger partial charge on any atom is -0.0221 e. The van der Waals surface area contributed by atoms with Gasteiger partial charge in [0.25, 0.3) is 0 Å². The molecule has 0 nitrogen and oxygen atoms in total. The summed E-state index contributed by atoms with van der Waals surface area (Å²) in [4.78, 5) is 0. The van der Waals surface area contributed by atoms with Crippen LogP contribution < -0.4 is 0 Å². The van der Waals surface area contributed by atoms with E-state index in [1.54, 1.807) is 0 Å². The quantitative estimate of drug-likeness (QED) is 0.299. The summed E-state index contributed by atoms with van der Waals surface area (Å²) in [6.07, 6.45) is 13.2. The zero-order valence-electron chi connectivity index (χ0n) is 18.4. The normalized spacial score (nSPS) is 13.5. The minimum atomic E-state index is 1.05. The average Bonchev–Trinajstić information content (AvgIpc) is 2.84. The smallest absolute Gasteiger partial charge is 0.0221 e. The van der Waals surface area contributed by atoms with Crippen LogP contribution in [-0.2, 0) is 25.7 Å². The van der Waals surface area contributed by atoms with Gasteiger partial charge in [-0.2, -0.15) is 0 Å². The van der Waals surface area contributed by atoms with Crippen molar-refractivity contribution in [1.29, 1.82) is 0 Å². The summed E-state index contributed by atoms with van der Waals surface area (Å²) in [7, 11) is 0. The van der Waals surface area contributed by atoms with E-state index >= 15 is 0 Å². The number of rotatable bonds is 4. The third-order valence-corrected chi connectivity index (χ3v) is 6.30. The molecule has 8 rings (SSSR count). The van der Waals surface area contributed by atoms with Gasteiger partial charge in [0, 0.05) is 0 Å². The minimum absolute atomic E-state index is 1.05. The number of hydrogen-bond acceptors (Lipinski definition) is 0. The first-order valence-electron chi connectivity index (χ1n) is 11.5. The minimum Gasteiger partial charge on any atom is -0.0622 e. The molecule has 156 valence electrons. The molecule has 0 aromatic heterocycles. The summed E-state index contributed by atoms with van der Waals surface area (Å²) in [5.41, 5.74) is 10.9. The Hall–Kier alpha value is -3.64. The van der Waals surface area contributed by atoms with Crippen LogP contribution in [0.2, 0.25) is 0 Å². The Morgan fingerprint density at radius 1 is 0.406 bits per heavy atom. The first-order valence-corrected chi connectivity index (χ1v) is 11.5. The Bertz CT molecular complexity index is 1140. The number of hydrogen-bond donors (Lipinski definition) is 0. The Kier molecular flexibility index (Phi) is 6.12. The van der Waals surface area contributed by atoms with Crippen LogP contribution in [0, 0.1) is 0 Å². The lowest BCUT2D eigenvalue weighted by Gasteiger charge is -2.15. The van der Waals surface area contributed by atoms with Crippen molar-refractivity contribution in [3.05, 3.63) is 142 Å². The molecule has 0 fully saturated rings. The lowest BCUT2D eigenvalue weighted by molar-refractivity contribution is 0.917. The lowest BCUT2D eigenvalue weighted by atomic mass is 9.90. The van der Waals surface area contributed by atoms with Crippen LogP contribution >= 0.6 is 0 Å². The van der Waals surface area contributed by atoms with Crippen LogP contribution in [-0.4, -0.2) is 0 Å². The summed E-state index contributed by atoms with van der Waals surface area (Å²) in [5.74, 6) is 0. The SMILES string of the molecule is C(=C\c1cc2ccc1CCc1ccc(c(/C=C/c3ccccc3)c1)CC2)/c1ccccc1. The van der Waals surface area contributed by atoms with Crippen LogP contribution in [0.5, 0.6) is 0 Å². The highest BCUT2D eigenvalue weighted by Crippen LogP contribution is 2.24. The Morgan fingerprint density at radius 3 is 1.28 bits per heavy atom. The summed E-state index contributed by atoms with van der Waals surface area (Å²) in [6.45, 7) is 0. The van der Waals surface area contributed by atoms with E-state index in [-0.39, 0.29) is 0 Å². The highest BCUT2D eigenvalue weighted by Gasteiger charge is 2.09. The fraction of sp³-hybridized carbons (Fsp3) is 0.125. The van der Waals surface area contributed by atoms with Gasteiger partial charge in [-0.05, 0) is 70.2 Å². The van der Waals surface area contributed by atoms with Gasteiger partial charge in [0.15, 0.2) is 0 Å². The van der Waals surface area contributed by atoms with E-state index in [1.165, 1.54) is 44.5 Å². The molecule has 0 aliphatic heterocycles. The number of benzene rings is 4. The van der Waals surface area contributed by atoms with E-state index in [9.17, 15) is 0 Å². The van der Waals surface area contributed by atoms with E-state index in [2.05, 4.69) is 121 Å². The zero-order chi connectivity index (χ0) is 21.6. The van der Waals surface area contributed by atoms with Gasteiger partial charge in [0.2, 0.25) is 0 Å². The van der Waals surface area contributed by atoms with Gasteiger partial charge in [-0.15, -0.1) is 0 Å². The second kappa shape index (κ2) is 9.66. The van der Waals surface area contributed by atoms with Gasteiger partial charge in [0.05, 0.1) is 0 Å². The van der Waals surface area contributed by atoms with E-state index in [0.717, 1.165) is 25.7 Å². The monoisotopic (exact) mass is 412 g/mol. The van der Waals surface area contributed by atoms with E-state index < -0.39 is 0 Å². The molecule has 4 aliphatic rings. The van der Waals surface area contributed by atoms with Crippen molar-refractivity contribution >= 4 is 24.3 Å². The second-order valence-corrected chi connectivity index (χ2v) is 8.55. The Balaban J connectivity index is 1.43. The predicted molar refractivity (Wildman–Crippen MR) is 138 cm³/mol. The van der Waals surface area contributed by atoms with Crippen LogP contribution in [0.25, 0.3) is 24.3 Å². The summed E-state index contributed by atoms with van der Waals surface area (Å²) < 4.78 is 0. The maximum absolute atomic E-state index is 2.39. The summed E-state index contributed by atoms with van der Waals surface area (Å²) in [6, 6.07) is 35.2. The molecule has 0 heteroatoms. The molecule has 0 spiro atoms. The highest BCUT2D eigenvalue weighted by molar-refractivity contribution is 5.73. The van der Waals surface area contributed by atoms with Crippen LogP contribution in [0.1, 0.15) is 44.5 Å². The van der Waals surface area contributed by atoms with Crippen LogP contribution in [0.3, 0.4) is 0 Å². The Labute approximate surface area is 191 Å². The molecule has 32 heavy (non-hydrogen) atoms. The molecule has 0 N–H and O–H groups in total. The molecule has 0 atom stereocenters. The number of aryl methyl sites for hydroxylation is 4. The molecule has 0 radical (unpaired) electrons. The third-order valence-electron chi connectivity index (χ3n) is 6.30. The zero-order valence-corrected chi connectivity index (χ0v) is 18.4. The molecule has 4 aromatic carbocycles. The van der Waals surface area contributed by atoms with Gasteiger partial charge in [-0.1, -0.05) is 121 Å². The van der Waals surface area contributed by atoms with Crippen molar-refractivity contribution in [1.82, 2.24) is 0 Å². The fourth-order valence-electron chi connectivity index (χ4n) is 4.42. The van der Waals surface area contributed by atoms with Crippen LogP contribution in [0.15, 0.2) is 97.1 Å². The molecular weight excluding hydrogens is 384 g/mol. The van der Waals surface area contributed by atoms with Crippen LogP contribution in [0.4, 0.5) is 0 Å². The molecule has 0 saturated heterocycles. The fourth-order valence-corrected chi connectivity index (χ4v) is 4.42.